The number of likely N-dealkylation sites (N-methyl/N-ethyl adjacent to an activating group) is 1. The largest absolute Gasteiger partial charge is 0.756 e. The van der Waals surface area contributed by atoms with E-state index >= 15 is 0 Å². The molecule has 10 nitrogen and oxygen atoms in total. The van der Waals surface area contributed by atoms with Gasteiger partial charge in [-0.15, -0.1) is 0 Å². The van der Waals surface area contributed by atoms with Crippen LogP contribution in [0.2, 0.25) is 0 Å². The Morgan fingerprint density at radius 1 is 0.649 bits per heavy atom. The van der Waals surface area contributed by atoms with Gasteiger partial charge in [0.2, 0.25) is 0 Å². The highest BCUT2D eigenvalue weighted by molar-refractivity contribution is 7.45. The Kier molecular flexibility index (Phi) is 36.0. The van der Waals surface area contributed by atoms with Crippen LogP contribution in [0.5, 0.6) is 0 Å². The number of rotatable bonds is 38. The van der Waals surface area contributed by atoms with Crippen molar-refractivity contribution in [2.45, 2.75) is 161 Å². The summed E-state index contributed by atoms with van der Waals surface area (Å²) in [5.74, 6) is -0.988. The molecule has 2 unspecified atom stereocenters. The Bertz CT molecular complexity index is 1220. The lowest BCUT2D eigenvalue weighted by molar-refractivity contribution is -0.870. The van der Waals surface area contributed by atoms with Crippen LogP contribution in [0.4, 0.5) is 0 Å². The summed E-state index contributed by atoms with van der Waals surface area (Å²) in [6.07, 6.45) is 42.4. The number of hydrogen-bond donors (Lipinski definition) is 1. The van der Waals surface area contributed by atoms with Crippen molar-refractivity contribution in [3.8, 4) is 0 Å². The second-order valence-electron chi connectivity index (χ2n) is 15.5. The van der Waals surface area contributed by atoms with Crippen molar-refractivity contribution >= 4 is 19.8 Å². The average molecular weight is 822 g/mol. The first kappa shape index (κ1) is 54.4. The number of aliphatic hydroxyl groups is 1. The molecule has 0 aliphatic rings. The van der Waals surface area contributed by atoms with Crippen LogP contribution in [0.25, 0.3) is 0 Å². The van der Waals surface area contributed by atoms with Crippen molar-refractivity contribution in [2.75, 3.05) is 47.5 Å². The number of allylic oxidation sites excluding steroid dienone is 10. The quantitative estimate of drug-likeness (QED) is 0.0161. The summed E-state index contributed by atoms with van der Waals surface area (Å²) in [5.41, 5.74) is 0. The fraction of sp³-hybridized carbons (Fsp3) is 0.696. The van der Waals surface area contributed by atoms with Crippen LogP contribution in [0, 0.1) is 0 Å². The van der Waals surface area contributed by atoms with Gasteiger partial charge in [-0.05, 0) is 77.0 Å². The van der Waals surface area contributed by atoms with E-state index in [1.807, 2.05) is 39.4 Å². The second kappa shape index (κ2) is 37.7. The molecule has 0 aromatic carbocycles. The van der Waals surface area contributed by atoms with E-state index in [0.29, 0.717) is 36.7 Å². The molecular formula is C46H80NO9P. The number of quaternary nitrogens is 1. The first-order valence-corrected chi connectivity index (χ1v) is 23.2. The molecule has 0 heterocycles. The second-order valence-corrected chi connectivity index (χ2v) is 17.0. The minimum Gasteiger partial charge on any atom is -0.756 e. The number of ether oxygens (including phenoxy) is 2. The third kappa shape index (κ3) is 41.4. The van der Waals surface area contributed by atoms with Gasteiger partial charge >= 0.3 is 11.9 Å². The monoisotopic (exact) mass is 822 g/mol. The number of esters is 2. The Balaban J connectivity index is 4.59. The van der Waals surface area contributed by atoms with Crippen LogP contribution in [0.1, 0.15) is 149 Å². The first-order valence-electron chi connectivity index (χ1n) is 21.8. The Morgan fingerprint density at radius 3 is 1.81 bits per heavy atom. The normalized spacial score (nSPS) is 14.9. The lowest BCUT2D eigenvalue weighted by atomic mass is 10.1. The molecule has 0 amide bonds. The highest BCUT2D eigenvalue weighted by Crippen LogP contribution is 2.38. The standard InChI is InChI=1S/C46H80NO9P/c1-6-8-10-12-14-16-17-18-19-20-21-23-25-29-34-38-46(50)56-44(42-55-57(51,52)54-40-39-47(3,4)5)41-53-45(49)37-33-30-26-28-32-36-43(48)35-31-27-24-22-15-13-11-9-7-2/h14-16,18-19,22,26-28,31-32,36,43-44,48H,6-13,17,20-21,23-25,29-30,33-35,37-42H2,1-5H3/b16-14-,19-18-,22-15-,28-26+,31-27-,36-32-/t43?,44-/m1/s1. The molecule has 0 aliphatic heterocycles. The molecule has 0 aromatic heterocycles. The van der Waals surface area contributed by atoms with Gasteiger partial charge in [0.15, 0.2) is 6.10 Å². The fourth-order valence-electron chi connectivity index (χ4n) is 5.28. The molecule has 0 aliphatic carbocycles. The SMILES string of the molecule is CCCCC/C=C\C/C=C\CCCCCCCC(=O)O[C@H](COC(=O)CCC/C=C/C=C\C(O)C/C=C\C/C=C\CCCCC)COP(=O)([O-])OCC[N+](C)(C)C. The van der Waals surface area contributed by atoms with Crippen molar-refractivity contribution in [1.29, 1.82) is 0 Å². The molecule has 328 valence electrons. The molecule has 0 rings (SSSR count). The zero-order valence-electron chi connectivity index (χ0n) is 36.4. The Labute approximate surface area is 347 Å². The number of hydrogen-bond acceptors (Lipinski definition) is 9. The van der Waals surface area contributed by atoms with Gasteiger partial charge < -0.3 is 33.0 Å². The average Bonchev–Trinajstić information content (AvgIpc) is 3.15. The summed E-state index contributed by atoms with van der Waals surface area (Å²) >= 11 is 0. The van der Waals surface area contributed by atoms with Gasteiger partial charge in [-0.1, -0.05) is 132 Å². The summed E-state index contributed by atoms with van der Waals surface area (Å²) in [6, 6.07) is 0. The molecule has 0 aromatic rings. The third-order valence-corrected chi connectivity index (χ3v) is 9.74. The summed E-state index contributed by atoms with van der Waals surface area (Å²) in [7, 11) is 1.07. The van der Waals surface area contributed by atoms with Crippen molar-refractivity contribution in [1.82, 2.24) is 0 Å². The highest BCUT2D eigenvalue weighted by Gasteiger charge is 2.21. The minimum atomic E-state index is -4.66. The molecule has 0 radical (unpaired) electrons. The van der Waals surface area contributed by atoms with Gasteiger partial charge in [-0.2, -0.15) is 0 Å². The number of nitrogens with zero attached hydrogens (tertiary/aromatic N) is 1. The number of phosphoric ester groups is 1. The van der Waals surface area contributed by atoms with Crippen LogP contribution < -0.4 is 4.89 Å². The molecule has 3 atom stereocenters. The zero-order chi connectivity index (χ0) is 42.3. The number of carbonyl (C=O) groups is 2. The molecule has 0 fully saturated rings. The summed E-state index contributed by atoms with van der Waals surface area (Å²) in [4.78, 5) is 37.5. The van der Waals surface area contributed by atoms with E-state index in [4.69, 9.17) is 18.5 Å². The highest BCUT2D eigenvalue weighted by atomic mass is 31.2. The zero-order valence-corrected chi connectivity index (χ0v) is 37.3. The van der Waals surface area contributed by atoms with E-state index in [1.165, 1.54) is 38.5 Å². The Morgan fingerprint density at radius 2 is 1.19 bits per heavy atom. The molecule has 1 N–H and O–H groups in total. The summed E-state index contributed by atoms with van der Waals surface area (Å²) in [6.45, 7) is 3.96. The minimum absolute atomic E-state index is 0.0595. The van der Waals surface area contributed by atoms with Crippen molar-refractivity contribution in [2.24, 2.45) is 0 Å². The van der Waals surface area contributed by atoms with Gasteiger partial charge in [0.25, 0.3) is 7.82 Å². The number of phosphoric acid groups is 1. The number of aliphatic hydroxyl groups excluding tert-OH is 1. The molecular weight excluding hydrogens is 741 g/mol. The lowest BCUT2D eigenvalue weighted by Crippen LogP contribution is -2.37. The maximum absolute atomic E-state index is 12.7. The predicted molar refractivity (Wildman–Crippen MR) is 232 cm³/mol. The van der Waals surface area contributed by atoms with Crippen molar-refractivity contribution in [3.05, 3.63) is 72.9 Å². The summed E-state index contributed by atoms with van der Waals surface area (Å²) < 4.78 is 33.7. The van der Waals surface area contributed by atoms with Crippen LogP contribution in [-0.2, 0) is 32.7 Å². The predicted octanol–water partition coefficient (Wildman–Crippen LogP) is 10.6. The third-order valence-electron chi connectivity index (χ3n) is 8.78. The van der Waals surface area contributed by atoms with E-state index in [1.54, 1.807) is 12.2 Å². The summed E-state index contributed by atoms with van der Waals surface area (Å²) in [5, 5.41) is 10.1. The van der Waals surface area contributed by atoms with E-state index in [9.17, 15) is 24.2 Å². The van der Waals surface area contributed by atoms with Crippen molar-refractivity contribution in [3.63, 3.8) is 0 Å². The molecule has 0 saturated heterocycles. The van der Waals surface area contributed by atoms with Crippen LogP contribution in [0.15, 0.2) is 72.9 Å². The number of carbonyl (C=O) groups excluding carboxylic acids is 2. The number of unbranched alkanes of at least 4 members (excludes halogenated alkanes) is 12. The lowest BCUT2D eigenvalue weighted by Gasteiger charge is -2.28. The van der Waals surface area contributed by atoms with Crippen LogP contribution in [-0.4, -0.2) is 81.2 Å². The van der Waals surface area contributed by atoms with Crippen LogP contribution in [0.3, 0.4) is 0 Å². The molecule has 57 heavy (non-hydrogen) atoms. The van der Waals surface area contributed by atoms with Gasteiger partial charge in [0.1, 0.15) is 19.8 Å². The topological polar surface area (TPSA) is 131 Å². The smallest absolute Gasteiger partial charge is 0.306 e. The maximum Gasteiger partial charge on any atom is 0.306 e. The van der Waals surface area contributed by atoms with Gasteiger partial charge in [0, 0.05) is 12.8 Å². The molecule has 0 bridgehead atoms. The Hall–Kier alpha value is -2.59. The molecule has 11 heteroatoms. The van der Waals surface area contributed by atoms with E-state index in [2.05, 4.69) is 56.4 Å². The van der Waals surface area contributed by atoms with E-state index in [0.717, 1.165) is 57.8 Å². The van der Waals surface area contributed by atoms with E-state index < -0.39 is 38.6 Å². The first-order chi connectivity index (χ1) is 27.4. The van der Waals surface area contributed by atoms with Gasteiger partial charge in [0.05, 0.1) is 33.9 Å². The molecule has 0 spiro atoms. The van der Waals surface area contributed by atoms with Crippen LogP contribution >= 0.6 is 7.82 Å². The maximum atomic E-state index is 12.7. The van der Waals surface area contributed by atoms with E-state index in [-0.39, 0.29) is 26.1 Å². The molecule has 0 saturated carbocycles. The van der Waals surface area contributed by atoms with Gasteiger partial charge in [-0.3, -0.25) is 14.2 Å². The van der Waals surface area contributed by atoms with Gasteiger partial charge in [-0.25, -0.2) is 0 Å². The fourth-order valence-corrected chi connectivity index (χ4v) is 6.01. The van der Waals surface area contributed by atoms with Crippen molar-refractivity contribution < 1.29 is 47.2 Å².